The summed E-state index contributed by atoms with van der Waals surface area (Å²) in [5.41, 5.74) is 0.851. The number of nitrogens with zero attached hydrogens (tertiary/aromatic N) is 3. The van der Waals surface area contributed by atoms with Gasteiger partial charge in [-0.3, -0.25) is 28.9 Å². The molecule has 1 fully saturated rings. The molecule has 0 unspecified atom stereocenters. The van der Waals surface area contributed by atoms with Crippen LogP contribution in [0.4, 0.5) is 0 Å². The van der Waals surface area contributed by atoms with Crippen LogP contribution in [0.15, 0.2) is 30.3 Å². The van der Waals surface area contributed by atoms with E-state index >= 15 is 0 Å². The minimum Gasteiger partial charge on any atom is -0.481 e. The molecule has 1 N–H and O–H groups in total. The first-order chi connectivity index (χ1) is 24.9. The van der Waals surface area contributed by atoms with Gasteiger partial charge in [-0.15, -0.1) is 0 Å². The van der Waals surface area contributed by atoms with Crippen molar-refractivity contribution in [1.29, 1.82) is 0 Å². The molecule has 0 spiro atoms. The number of aliphatic carboxylic acids is 1. The van der Waals surface area contributed by atoms with Crippen molar-refractivity contribution >= 4 is 29.4 Å². The average Bonchev–Trinajstić information content (AvgIpc) is 3.59. The first kappa shape index (κ1) is 46.0. The molecule has 2 rings (SSSR count). The molecule has 300 valence electrons. The van der Waals surface area contributed by atoms with Crippen LogP contribution in [0.25, 0.3) is 0 Å². The number of hydrogen-bond donors (Lipinski definition) is 1. The Morgan fingerprint density at radius 2 is 1.49 bits per heavy atom. The van der Waals surface area contributed by atoms with Crippen LogP contribution in [0.2, 0.25) is 0 Å². The lowest BCUT2D eigenvalue weighted by molar-refractivity contribution is -0.149. The highest BCUT2D eigenvalue weighted by atomic mass is 16.5. The second-order valence-corrected chi connectivity index (χ2v) is 16.2. The third kappa shape index (κ3) is 12.4. The summed E-state index contributed by atoms with van der Waals surface area (Å²) in [6.45, 7) is 14.3. The van der Waals surface area contributed by atoms with Crippen molar-refractivity contribution in [3.63, 3.8) is 0 Å². The van der Waals surface area contributed by atoms with Crippen molar-refractivity contribution in [1.82, 2.24) is 14.7 Å². The van der Waals surface area contributed by atoms with Crippen molar-refractivity contribution in [3.05, 3.63) is 35.9 Å². The second kappa shape index (κ2) is 21.7. The molecule has 0 aromatic heterocycles. The topological polar surface area (TPSA) is 134 Å². The highest BCUT2D eigenvalue weighted by molar-refractivity contribution is 5.90. The molecular weight excluding hydrogens is 674 g/mol. The molecule has 0 saturated carbocycles. The third-order valence-corrected chi connectivity index (χ3v) is 11.5. The van der Waals surface area contributed by atoms with Gasteiger partial charge in [0.25, 0.3) is 0 Å². The van der Waals surface area contributed by atoms with Gasteiger partial charge in [0.1, 0.15) is 5.78 Å². The van der Waals surface area contributed by atoms with Crippen LogP contribution >= 0.6 is 0 Å². The Morgan fingerprint density at radius 3 is 1.98 bits per heavy atom. The molecule has 0 bridgehead atoms. The van der Waals surface area contributed by atoms with Crippen LogP contribution < -0.4 is 0 Å². The second-order valence-electron chi connectivity index (χ2n) is 16.2. The first-order valence-corrected chi connectivity index (χ1v) is 19.5. The summed E-state index contributed by atoms with van der Waals surface area (Å²) in [7, 11) is 8.63. The minimum atomic E-state index is -1.02. The fourth-order valence-electron chi connectivity index (χ4n) is 8.38. The molecule has 1 saturated heterocycles. The van der Waals surface area contributed by atoms with Gasteiger partial charge in [-0.25, -0.2) is 0 Å². The van der Waals surface area contributed by atoms with Crippen molar-refractivity contribution in [3.8, 4) is 0 Å². The third-order valence-electron chi connectivity index (χ3n) is 11.5. The molecule has 1 aliphatic heterocycles. The molecule has 11 heteroatoms. The maximum atomic E-state index is 14.3. The highest BCUT2D eigenvalue weighted by Crippen LogP contribution is 2.32. The number of likely N-dealkylation sites (tertiary alicyclic amines) is 1. The Balaban J connectivity index is 2.27. The number of rotatable bonds is 23. The van der Waals surface area contributed by atoms with E-state index in [0.717, 1.165) is 18.4 Å². The summed E-state index contributed by atoms with van der Waals surface area (Å²) in [4.78, 5) is 73.1. The Labute approximate surface area is 319 Å². The quantitative estimate of drug-likeness (QED) is 0.152. The van der Waals surface area contributed by atoms with Crippen LogP contribution in [0, 0.1) is 35.5 Å². The lowest BCUT2D eigenvalue weighted by atomic mass is 9.83. The monoisotopic (exact) mass is 744 g/mol. The number of carboxylic acid groups (broad SMARTS) is 1. The highest BCUT2D eigenvalue weighted by Gasteiger charge is 2.43. The van der Waals surface area contributed by atoms with E-state index in [9.17, 15) is 29.1 Å². The number of ether oxygens (including phenoxy) is 2. The van der Waals surface area contributed by atoms with Gasteiger partial charge < -0.3 is 24.4 Å². The average molecular weight is 744 g/mol. The van der Waals surface area contributed by atoms with Gasteiger partial charge in [0.05, 0.1) is 42.7 Å². The summed E-state index contributed by atoms with van der Waals surface area (Å²) < 4.78 is 11.9. The van der Waals surface area contributed by atoms with E-state index in [0.29, 0.717) is 13.0 Å². The number of carbonyl (C=O) groups excluding carboxylic acids is 4. The number of carbonyl (C=O) groups is 5. The van der Waals surface area contributed by atoms with Crippen molar-refractivity contribution in [2.75, 3.05) is 41.9 Å². The van der Waals surface area contributed by atoms with E-state index in [1.807, 2.05) is 83.9 Å². The van der Waals surface area contributed by atoms with Gasteiger partial charge in [0, 0.05) is 52.5 Å². The van der Waals surface area contributed by atoms with Gasteiger partial charge in [-0.1, -0.05) is 85.2 Å². The summed E-state index contributed by atoms with van der Waals surface area (Å²) in [6, 6.07) is 8.18. The normalized spacial score (nSPS) is 19.4. The molecule has 1 aromatic carbocycles. The number of amides is 2. The van der Waals surface area contributed by atoms with Gasteiger partial charge in [-0.05, 0) is 56.7 Å². The fourth-order valence-corrected chi connectivity index (χ4v) is 8.38. The minimum absolute atomic E-state index is 0.00721. The Bertz CT molecular complexity index is 1330. The van der Waals surface area contributed by atoms with E-state index in [-0.39, 0.29) is 78.9 Å². The number of ketones is 2. The maximum absolute atomic E-state index is 14.3. The number of carboxylic acids is 1. The van der Waals surface area contributed by atoms with Crippen LogP contribution in [-0.4, -0.2) is 121 Å². The molecule has 1 aliphatic rings. The molecule has 11 nitrogen and oxygen atoms in total. The zero-order valence-electron chi connectivity index (χ0n) is 34.5. The smallest absolute Gasteiger partial charge is 0.307 e. The van der Waals surface area contributed by atoms with Gasteiger partial charge in [0.2, 0.25) is 11.8 Å². The Kier molecular flexibility index (Phi) is 18.8. The van der Waals surface area contributed by atoms with Crippen molar-refractivity contribution in [2.45, 2.75) is 124 Å². The Morgan fingerprint density at radius 1 is 0.868 bits per heavy atom. The summed E-state index contributed by atoms with van der Waals surface area (Å²) in [5.74, 6) is -3.49. The largest absolute Gasteiger partial charge is 0.481 e. The molecule has 1 heterocycles. The van der Waals surface area contributed by atoms with Crippen LogP contribution in [0.1, 0.15) is 92.6 Å². The molecule has 9 atom stereocenters. The summed E-state index contributed by atoms with van der Waals surface area (Å²) in [5, 5.41) is 9.94. The molecule has 1 aromatic rings. The zero-order chi connectivity index (χ0) is 40.2. The van der Waals surface area contributed by atoms with E-state index in [1.54, 1.807) is 30.9 Å². The molecule has 53 heavy (non-hydrogen) atoms. The predicted octanol–water partition coefficient (Wildman–Crippen LogP) is 5.63. The first-order valence-electron chi connectivity index (χ1n) is 19.5. The van der Waals surface area contributed by atoms with E-state index in [1.165, 1.54) is 7.11 Å². The van der Waals surface area contributed by atoms with Crippen molar-refractivity contribution < 1.29 is 38.6 Å². The summed E-state index contributed by atoms with van der Waals surface area (Å²) >= 11 is 0. The molecule has 0 radical (unpaired) electrons. The molecule has 0 aliphatic carbocycles. The van der Waals surface area contributed by atoms with Crippen LogP contribution in [0.5, 0.6) is 0 Å². The predicted molar refractivity (Wildman–Crippen MR) is 207 cm³/mol. The number of hydrogen-bond acceptors (Lipinski definition) is 8. The van der Waals surface area contributed by atoms with Crippen LogP contribution in [0.3, 0.4) is 0 Å². The zero-order valence-corrected chi connectivity index (χ0v) is 34.5. The van der Waals surface area contributed by atoms with Gasteiger partial charge in [0.15, 0.2) is 5.78 Å². The molecular formula is C42H69N3O8. The number of benzene rings is 1. The van der Waals surface area contributed by atoms with Crippen molar-refractivity contribution in [2.24, 2.45) is 35.5 Å². The molecule has 2 amide bonds. The van der Waals surface area contributed by atoms with Gasteiger partial charge in [-0.2, -0.15) is 0 Å². The number of likely N-dealkylation sites (N-methyl/N-ethyl adjacent to an activating group) is 2. The fraction of sp³-hybridized carbons (Fsp3) is 0.738. The Hall–Kier alpha value is -3.15. The number of methoxy groups -OCH3 is 2. The van der Waals surface area contributed by atoms with E-state index < -0.39 is 42.0 Å². The SMILES string of the molecule is CC[C@H](C)[C@@H]([C@@H](CC(=O)N1CCC[C@H]1[C@H](OC)[C@@H](C)C(=O)C[C@@H](Cc1ccccc1)C(=O)O)OC)N(C)C(=O)[C@@H](CC(=O)[C@H](C(C)C)N(C)C)C(C)C. The lowest BCUT2D eigenvalue weighted by Crippen LogP contribution is -2.54. The number of Topliss-reactive ketones (excluding diaryl/α,β-unsaturated/α-hetero) is 2. The van der Waals surface area contributed by atoms with E-state index in [2.05, 4.69) is 6.92 Å². The maximum Gasteiger partial charge on any atom is 0.307 e. The van der Waals surface area contributed by atoms with Gasteiger partial charge >= 0.3 is 5.97 Å². The van der Waals surface area contributed by atoms with E-state index in [4.69, 9.17) is 9.47 Å². The summed E-state index contributed by atoms with van der Waals surface area (Å²) in [6.07, 6.45) is 1.17. The van der Waals surface area contributed by atoms with Crippen LogP contribution in [-0.2, 0) is 39.9 Å². The standard InChI is InChI=1S/C42H69N3O8/c1-13-28(6)39(44(10)41(49)32(26(2)3)24-35(47)38(27(4)5)43(8)9)36(52-11)25-37(48)45-21-17-20-33(45)40(53-12)29(7)34(46)23-31(42(50)51)22-30-18-15-14-16-19-30/h14-16,18-19,26-29,31-33,36,38-40H,13,17,20-25H2,1-12H3,(H,50,51)/t28-,29-,31+,32-,33-,36+,38-,39-,40+/m0/s1. The lowest BCUT2D eigenvalue weighted by Gasteiger charge is -2.41.